The van der Waals surface area contributed by atoms with E-state index < -0.39 is 15.9 Å². The lowest BCUT2D eigenvalue weighted by Gasteiger charge is -2.20. The third kappa shape index (κ3) is 6.53. The first-order chi connectivity index (χ1) is 16.7. The topological polar surface area (TPSA) is 81.0 Å². The molecule has 1 aromatic heterocycles. The zero-order valence-electron chi connectivity index (χ0n) is 20.0. The van der Waals surface area contributed by atoms with Crippen LogP contribution in [0.5, 0.6) is 0 Å². The Morgan fingerprint density at radius 1 is 1.14 bits per heavy atom. The van der Waals surface area contributed by atoms with Gasteiger partial charge in [0.1, 0.15) is 0 Å². The van der Waals surface area contributed by atoms with Gasteiger partial charge in [-0.1, -0.05) is 54.8 Å². The van der Waals surface area contributed by atoms with Gasteiger partial charge in [-0.05, 0) is 49.7 Å². The minimum absolute atomic E-state index is 0.155. The molecule has 0 saturated carbocycles. The molecule has 2 aromatic carbocycles. The smallest absolute Gasteiger partial charge is 0.279 e. The van der Waals surface area contributed by atoms with Crippen LogP contribution >= 0.6 is 34.5 Å². The molecule has 1 heterocycles. The number of ether oxygens (including phenoxy) is 1. The molecule has 0 aliphatic rings. The first-order valence-corrected chi connectivity index (χ1v) is 14.5. The van der Waals surface area contributed by atoms with Gasteiger partial charge in [-0.15, -0.1) is 0 Å². The number of nitrogens with zero attached hydrogens (tertiary/aromatic N) is 3. The summed E-state index contributed by atoms with van der Waals surface area (Å²) in [5, 5.41) is 0.961. The fourth-order valence-electron chi connectivity index (χ4n) is 3.57. The minimum atomic E-state index is -3.62. The Hall–Kier alpha value is -1.75. The molecule has 3 aromatic rings. The van der Waals surface area contributed by atoms with E-state index in [0.717, 1.165) is 23.1 Å². The zero-order valence-corrected chi connectivity index (χ0v) is 23.1. The van der Waals surface area contributed by atoms with E-state index in [1.54, 1.807) is 12.1 Å². The molecule has 0 atom stereocenters. The molecular weight excluding hydrogens is 529 g/mol. The summed E-state index contributed by atoms with van der Waals surface area (Å²) in [7, 11) is -3.62. The fourth-order valence-corrected chi connectivity index (χ4v) is 6.90. The Bertz CT molecular complexity index is 1350. The second-order valence-electron chi connectivity index (χ2n) is 7.76. The number of benzene rings is 2. The number of rotatable bonds is 11. The first-order valence-electron chi connectivity index (χ1n) is 11.5. The molecule has 0 fully saturated rings. The van der Waals surface area contributed by atoms with Crippen LogP contribution in [-0.4, -0.2) is 49.5 Å². The summed E-state index contributed by atoms with van der Waals surface area (Å²) in [6, 6.07) is 9.34. The van der Waals surface area contributed by atoms with Gasteiger partial charge in [0.15, 0.2) is 4.80 Å². The number of carbonyl (C=O) groups is 1. The SMILES string of the molecule is CCCCN(CC)S(=O)(=O)c1ccc(C(=O)N=c2sc3cc(Cl)cc(Cl)c3n2CCOCC)cc1. The van der Waals surface area contributed by atoms with E-state index in [1.165, 1.54) is 39.9 Å². The molecule has 0 radical (unpaired) electrons. The van der Waals surface area contributed by atoms with Gasteiger partial charge in [0.25, 0.3) is 5.91 Å². The highest BCUT2D eigenvalue weighted by Crippen LogP contribution is 2.29. The predicted octanol–water partition coefficient (Wildman–Crippen LogP) is 5.60. The lowest BCUT2D eigenvalue weighted by molar-refractivity contribution is 0.0996. The van der Waals surface area contributed by atoms with Gasteiger partial charge in [0.05, 0.1) is 26.7 Å². The van der Waals surface area contributed by atoms with Crippen molar-refractivity contribution >= 4 is 60.7 Å². The Kier molecular flexibility index (Phi) is 9.92. The van der Waals surface area contributed by atoms with Crippen LogP contribution in [0.15, 0.2) is 46.3 Å². The zero-order chi connectivity index (χ0) is 25.6. The fraction of sp³-hybridized carbons (Fsp3) is 0.417. The van der Waals surface area contributed by atoms with E-state index in [9.17, 15) is 13.2 Å². The highest BCUT2D eigenvalue weighted by molar-refractivity contribution is 7.89. The Balaban J connectivity index is 1.96. The standard InChI is InChI=1S/C24H29Cl2N3O4S2/c1-4-7-12-28(5-2)35(31,32)19-10-8-17(9-11-19)23(30)27-24-29(13-14-33-6-3)22-20(26)15-18(25)16-21(22)34-24/h8-11,15-16H,4-7,12-14H2,1-3H3. The van der Waals surface area contributed by atoms with Gasteiger partial charge in [0.2, 0.25) is 10.0 Å². The number of sulfonamides is 1. The van der Waals surface area contributed by atoms with Crippen LogP contribution in [0.3, 0.4) is 0 Å². The molecule has 35 heavy (non-hydrogen) atoms. The second kappa shape index (κ2) is 12.5. The van der Waals surface area contributed by atoms with Crippen LogP contribution < -0.4 is 4.80 Å². The van der Waals surface area contributed by atoms with E-state index >= 15 is 0 Å². The summed E-state index contributed by atoms with van der Waals surface area (Å²) >= 11 is 13.9. The summed E-state index contributed by atoms with van der Waals surface area (Å²) in [5.74, 6) is -0.480. The summed E-state index contributed by atoms with van der Waals surface area (Å²) in [6.45, 7) is 8.05. The van der Waals surface area contributed by atoms with Crippen LogP contribution in [0.1, 0.15) is 44.0 Å². The number of thiazole rings is 1. The third-order valence-electron chi connectivity index (χ3n) is 5.41. The van der Waals surface area contributed by atoms with Gasteiger partial charge in [-0.25, -0.2) is 8.42 Å². The second-order valence-corrected chi connectivity index (χ2v) is 11.5. The highest BCUT2D eigenvalue weighted by atomic mass is 35.5. The Labute approximate surface area is 220 Å². The van der Waals surface area contributed by atoms with E-state index in [0.29, 0.717) is 53.3 Å². The average molecular weight is 559 g/mol. The van der Waals surface area contributed by atoms with Crippen LogP contribution in [0.2, 0.25) is 10.0 Å². The number of halogens is 2. The van der Waals surface area contributed by atoms with Gasteiger partial charge < -0.3 is 9.30 Å². The van der Waals surface area contributed by atoms with E-state index in [2.05, 4.69) is 4.99 Å². The molecule has 1 amide bonds. The van der Waals surface area contributed by atoms with E-state index in [1.807, 2.05) is 25.3 Å². The average Bonchev–Trinajstić information content (AvgIpc) is 3.16. The largest absolute Gasteiger partial charge is 0.380 e. The predicted molar refractivity (Wildman–Crippen MR) is 142 cm³/mol. The van der Waals surface area contributed by atoms with Crippen molar-refractivity contribution in [1.29, 1.82) is 0 Å². The maximum absolute atomic E-state index is 13.0. The molecule has 0 unspecified atom stereocenters. The number of hydrogen-bond donors (Lipinski definition) is 0. The van der Waals surface area contributed by atoms with Gasteiger partial charge in [-0.2, -0.15) is 9.30 Å². The molecule has 7 nitrogen and oxygen atoms in total. The van der Waals surface area contributed by atoms with Crippen molar-refractivity contribution in [2.24, 2.45) is 4.99 Å². The molecule has 0 aliphatic carbocycles. The normalized spacial score (nSPS) is 12.7. The van der Waals surface area contributed by atoms with Crippen molar-refractivity contribution in [3.05, 3.63) is 56.8 Å². The van der Waals surface area contributed by atoms with Gasteiger partial charge >= 0.3 is 0 Å². The Morgan fingerprint density at radius 3 is 2.49 bits per heavy atom. The minimum Gasteiger partial charge on any atom is -0.380 e. The van der Waals surface area contributed by atoms with Crippen LogP contribution in [0, 0.1) is 0 Å². The van der Waals surface area contributed by atoms with Crippen molar-refractivity contribution in [3.8, 4) is 0 Å². The number of hydrogen-bond acceptors (Lipinski definition) is 5. The van der Waals surface area contributed by atoms with Crippen LogP contribution in [-0.2, 0) is 21.3 Å². The summed E-state index contributed by atoms with van der Waals surface area (Å²) in [4.78, 5) is 17.9. The maximum atomic E-state index is 13.0. The monoisotopic (exact) mass is 557 g/mol. The molecule has 11 heteroatoms. The van der Waals surface area contributed by atoms with Crippen LogP contribution in [0.25, 0.3) is 10.2 Å². The molecular formula is C24H29Cl2N3O4S2. The molecule has 0 N–H and O–H groups in total. The van der Waals surface area contributed by atoms with Crippen molar-refractivity contribution in [2.75, 3.05) is 26.3 Å². The summed E-state index contributed by atoms with van der Waals surface area (Å²) in [6.07, 6.45) is 1.69. The van der Waals surface area contributed by atoms with Crippen molar-refractivity contribution in [3.63, 3.8) is 0 Å². The third-order valence-corrected chi connectivity index (χ3v) is 8.93. The summed E-state index contributed by atoms with van der Waals surface area (Å²) in [5.41, 5.74) is 1.03. The Morgan fingerprint density at radius 2 is 1.86 bits per heavy atom. The number of fused-ring (bicyclic) bond motifs is 1. The van der Waals surface area contributed by atoms with Gasteiger partial charge in [-0.3, -0.25) is 4.79 Å². The number of carbonyl (C=O) groups excluding carboxylic acids is 1. The highest BCUT2D eigenvalue weighted by Gasteiger charge is 2.23. The molecule has 0 spiro atoms. The number of aromatic nitrogens is 1. The van der Waals surface area contributed by atoms with E-state index in [-0.39, 0.29) is 4.90 Å². The van der Waals surface area contributed by atoms with Crippen molar-refractivity contribution in [1.82, 2.24) is 8.87 Å². The molecule has 3 rings (SSSR count). The van der Waals surface area contributed by atoms with Crippen molar-refractivity contribution < 1.29 is 17.9 Å². The molecule has 0 saturated heterocycles. The maximum Gasteiger partial charge on any atom is 0.279 e. The van der Waals surface area contributed by atoms with Gasteiger partial charge in [0, 0.05) is 36.8 Å². The molecule has 0 aliphatic heterocycles. The van der Waals surface area contributed by atoms with Crippen LogP contribution in [0.4, 0.5) is 0 Å². The van der Waals surface area contributed by atoms with Crippen molar-refractivity contribution in [2.45, 2.75) is 45.1 Å². The summed E-state index contributed by atoms with van der Waals surface area (Å²) < 4.78 is 35.5. The number of unbranched alkanes of at least 4 members (excludes halogenated alkanes) is 1. The number of amides is 1. The first kappa shape index (κ1) is 27.8. The quantitative estimate of drug-likeness (QED) is 0.287. The molecule has 190 valence electrons. The molecule has 0 bridgehead atoms. The lowest BCUT2D eigenvalue weighted by atomic mass is 10.2. The lowest BCUT2D eigenvalue weighted by Crippen LogP contribution is -2.31. The van der Waals surface area contributed by atoms with E-state index in [4.69, 9.17) is 27.9 Å².